The summed E-state index contributed by atoms with van der Waals surface area (Å²) in [4.78, 5) is 4.73. The van der Waals surface area contributed by atoms with E-state index in [1.807, 2.05) is 0 Å². The Balaban J connectivity index is 1.56. The zero-order valence-electron chi connectivity index (χ0n) is 15.3. The molecule has 2 aliphatic heterocycles. The molecule has 30 heavy (non-hydrogen) atoms. The SMILES string of the molecule is N#Cc1ccc(Cl)cc1SC1OC2COC2C(N(N)/C=C(\N)c2nc(Cl)cs2)C1O. The first-order chi connectivity index (χ1) is 14.4. The molecule has 0 aliphatic carbocycles. The van der Waals surface area contributed by atoms with Gasteiger partial charge in [0.05, 0.1) is 17.9 Å². The van der Waals surface area contributed by atoms with Crippen LogP contribution >= 0.6 is 46.3 Å². The Bertz CT molecular complexity index is 1010. The van der Waals surface area contributed by atoms with Gasteiger partial charge in [-0.15, -0.1) is 11.3 Å². The van der Waals surface area contributed by atoms with E-state index in [1.165, 1.54) is 34.3 Å². The molecule has 0 amide bonds. The number of rotatable bonds is 5. The monoisotopic (exact) mass is 485 g/mol. The highest BCUT2D eigenvalue weighted by Gasteiger charge is 2.53. The van der Waals surface area contributed by atoms with Crippen molar-refractivity contribution in [1.82, 2.24) is 9.99 Å². The van der Waals surface area contributed by atoms with Crippen LogP contribution in [0.5, 0.6) is 0 Å². The van der Waals surface area contributed by atoms with E-state index < -0.39 is 23.7 Å². The molecule has 0 bridgehead atoms. The predicted octanol–water partition coefficient (Wildman–Crippen LogP) is 2.40. The lowest BCUT2D eigenvalue weighted by atomic mass is 9.93. The number of nitriles is 1. The first kappa shape index (κ1) is 21.7. The van der Waals surface area contributed by atoms with Gasteiger partial charge in [-0.1, -0.05) is 35.0 Å². The first-order valence-electron chi connectivity index (χ1n) is 8.80. The molecule has 1 aromatic carbocycles. The van der Waals surface area contributed by atoms with Crippen molar-refractivity contribution < 1.29 is 14.6 Å². The van der Waals surface area contributed by atoms with Crippen molar-refractivity contribution in [3.8, 4) is 6.07 Å². The van der Waals surface area contributed by atoms with E-state index >= 15 is 0 Å². The zero-order valence-corrected chi connectivity index (χ0v) is 18.5. The summed E-state index contributed by atoms with van der Waals surface area (Å²) in [7, 11) is 0. The van der Waals surface area contributed by atoms with Crippen LogP contribution in [-0.2, 0) is 9.47 Å². The minimum atomic E-state index is -1.03. The lowest BCUT2D eigenvalue weighted by Gasteiger charge is -2.52. The summed E-state index contributed by atoms with van der Waals surface area (Å²) < 4.78 is 11.6. The van der Waals surface area contributed by atoms with E-state index in [0.717, 1.165) is 0 Å². The normalized spacial score (nSPS) is 28.4. The average molecular weight is 486 g/mol. The van der Waals surface area contributed by atoms with Gasteiger partial charge in [0, 0.05) is 21.5 Å². The molecule has 8 nitrogen and oxygen atoms in total. The molecule has 1 aromatic heterocycles. The van der Waals surface area contributed by atoms with E-state index in [9.17, 15) is 10.4 Å². The van der Waals surface area contributed by atoms with Crippen molar-refractivity contribution in [1.29, 1.82) is 5.26 Å². The Morgan fingerprint density at radius 2 is 2.27 bits per heavy atom. The van der Waals surface area contributed by atoms with Crippen LogP contribution in [0.1, 0.15) is 10.6 Å². The summed E-state index contributed by atoms with van der Waals surface area (Å²) in [5.41, 5.74) is 6.17. The molecule has 12 heteroatoms. The summed E-state index contributed by atoms with van der Waals surface area (Å²) in [5.74, 6) is 6.25. The maximum atomic E-state index is 11.0. The highest BCUT2D eigenvalue weighted by atomic mass is 35.5. The van der Waals surface area contributed by atoms with Crippen molar-refractivity contribution in [2.24, 2.45) is 11.6 Å². The van der Waals surface area contributed by atoms with Crippen molar-refractivity contribution in [3.63, 3.8) is 0 Å². The van der Waals surface area contributed by atoms with E-state index in [0.29, 0.717) is 37.9 Å². The van der Waals surface area contributed by atoms with Gasteiger partial charge in [-0.3, -0.25) is 0 Å². The third-order valence-corrected chi connectivity index (χ3v) is 7.42. The number of halogens is 2. The van der Waals surface area contributed by atoms with Gasteiger partial charge in [0.2, 0.25) is 0 Å². The first-order valence-corrected chi connectivity index (χ1v) is 11.3. The van der Waals surface area contributed by atoms with E-state index in [4.69, 9.17) is 44.3 Å². The number of nitrogens with two attached hydrogens (primary N) is 2. The van der Waals surface area contributed by atoms with Gasteiger partial charge < -0.3 is 25.3 Å². The van der Waals surface area contributed by atoms with Crippen LogP contribution in [0.2, 0.25) is 10.2 Å². The predicted molar refractivity (Wildman–Crippen MR) is 116 cm³/mol. The summed E-state index contributed by atoms with van der Waals surface area (Å²) in [6.45, 7) is 0.390. The number of thiazole rings is 1. The van der Waals surface area contributed by atoms with Crippen molar-refractivity contribution >= 4 is 52.0 Å². The van der Waals surface area contributed by atoms with Gasteiger partial charge in [-0.25, -0.2) is 10.8 Å². The minimum absolute atomic E-state index is 0.240. The van der Waals surface area contributed by atoms with Crippen LogP contribution in [0.3, 0.4) is 0 Å². The second-order valence-electron chi connectivity index (χ2n) is 6.70. The van der Waals surface area contributed by atoms with Crippen LogP contribution in [0.15, 0.2) is 34.7 Å². The third kappa shape index (κ3) is 4.26. The number of thioether (sulfide) groups is 1. The maximum Gasteiger partial charge on any atom is 0.142 e. The number of hydrogen-bond donors (Lipinski definition) is 3. The van der Waals surface area contributed by atoms with Crippen LogP contribution in [-0.4, -0.2) is 51.5 Å². The molecule has 0 radical (unpaired) electrons. The number of nitrogens with zero attached hydrogens (tertiary/aromatic N) is 3. The molecular weight excluding hydrogens is 469 g/mol. The number of aliphatic hydroxyl groups excluding tert-OH is 1. The molecule has 0 saturated carbocycles. The summed E-state index contributed by atoms with van der Waals surface area (Å²) in [6.07, 6.45) is -0.193. The number of aliphatic hydroxyl groups is 1. The van der Waals surface area contributed by atoms with Gasteiger partial charge in [-0.2, -0.15) is 5.26 Å². The van der Waals surface area contributed by atoms with Crippen LogP contribution in [0, 0.1) is 11.3 Å². The standard InChI is InChI=1S/C18H17Cl2N5O3S2/c19-9-2-1-8(4-21)12(3-9)30-18-15(26)14(16-11(28-18)6-27-16)25(23)5-10(22)17-24-13(20)7-29-17/h1-3,5,7,11,14-16,18,26H,6,22-23H2/b10-5-. The molecule has 4 rings (SSSR count). The van der Waals surface area contributed by atoms with Gasteiger partial charge >= 0.3 is 0 Å². The highest BCUT2D eigenvalue weighted by Crippen LogP contribution is 2.40. The number of aromatic nitrogens is 1. The van der Waals surface area contributed by atoms with E-state index in [2.05, 4.69) is 11.1 Å². The average Bonchev–Trinajstić information content (AvgIpc) is 3.13. The minimum Gasteiger partial charge on any atom is -0.395 e. The Morgan fingerprint density at radius 3 is 2.90 bits per heavy atom. The topological polar surface area (TPSA) is 131 Å². The lowest BCUT2D eigenvalue weighted by Crippen LogP contribution is -2.69. The van der Waals surface area contributed by atoms with Gasteiger partial charge in [0.15, 0.2) is 0 Å². The molecule has 2 aliphatic rings. The summed E-state index contributed by atoms with van der Waals surface area (Å²) >= 11 is 14.4. The van der Waals surface area contributed by atoms with Crippen LogP contribution < -0.4 is 11.6 Å². The molecule has 3 heterocycles. The van der Waals surface area contributed by atoms with E-state index in [-0.39, 0.29) is 6.10 Å². The van der Waals surface area contributed by atoms with Crippen molar-refractivity contribution in [3.05, 3.63) is 50.5 Å². The fourth-order valence-electron chi connectivity index (χ4n) is 3.27. The third-order valence-electron chi connectivity index (χ3n) is 4.76. The number of hydrogen-bond acceptors (Lipinski definition) is 10. The lowest BCUT2D eigenvalue weighted by molar-refractivity contribution is -0.269. The Kier molecular flexibility index (Phi) is 6.43. The maximum absolute atomic E-state index is 11.0. The molecular formula is C18H17Cl2N5O3S2. The Labute approximate surface area is 190 Å². The molecule has 158 valence electrons. The molecule has 5 N–H and O–H groups in total. The fraction of sp³-hybridized carbons (Fsp3) is 0.333. The van der Waals surface area contributed by atoms with Crippen molar-refractivity contribution in [2.75, 3.05) is 6.61 Å². The second kappa shape index (κ2) is 8.90. The summed E-state index contributed by atoms with van der Waals surface area (Å²) in [6, 6.07) is 6.44. The summed E-state index contributed by atoms with van der Waals surface area (Å²) in [5, 5.41) is 24.7. The zero-order chi connectivity index (χ0) is 21.4. The molecule has 5 atom stereocenters. The molecule has 5 unspecified atom stereocenters. The fourth-order valence-corrected chi connectivity index (χ4v) is 5.56. The highest BCUT2D eigenvalue weighted by molar-refractivity contribution is 7.99. The number of benzene rings is 1. The molecule has 0 spiro atoms. The number of fused-ring (bicyclic) bond motifs is 1. The molecule has 2 fully saturated rings. The Hall–Kier alpha value is -1.55. The quantitative estimate of drug-likeness (QED) is 0.431. The van der Waals surface area contributed by atoms with Gasteiger partial charge in [-0.05, 0) is 18.2 Å². The van der Waals surface area contributed by atoms with Gasteiger partial charge in [0.1, 0.15) is 46.0 Å². The van der Waals surface area contributed by atoms with Crippen molar-refractivity contribution in [2.45, 2.75) is 34.7 Å². The molecule has 2 saturated heterocycles. The number of ether oxygens (including phenoxy) is 2. The van der Waals surface area contributed by atoms with E-state index in [1.54, 1.807) is 23.6 Å². The smallest absolute Gasteiger partial charge is 0.142 e. The molecule has 2 aromatic rings. The largest absolute Gasteiger partial charge is 0.395 e. The van der Waals surface area contributed by atoms with Gasteiger partial charge in [0.25, 0.3) is 0 Å². The Morgan fingerprint density at radius 1 is 1.47 bits per heavy atom. The number of hydrazine groups is 1. The van der Waals surface area contributed by atoms with Crippen LogP contribution in [0.25, 0.3) is 5.70 Å². The van der Waals surface area contributed by atoms with Crippen LogP contribution in [0.4, 0.5) is 0 Å². The second-order valence-corrected chi connectivity index (χ2v) is 9.52.